The van der Waals surface area contributed by atoms with E-state index in [0.29, 0.717) is 32.1 Å². The SMILES string of the molecule is COc1ccc(S(=O)(=O)N2CCOCC2)cc1C(=O)NC1CCNCC1.Cl. The summed E-state index contributed by atoms with van der Waals surface area (Å²) in [5.41, 5.74) is 0.236. The van der Waals surface area contributed by atoms with Gasteiger partial charge in [0.25, 0.3) is 5.91 Å². The van der Waals surface area contributed by atoms with Crippen LogP contribution >= 0.6 is 12.4 Å². The zero-order chi connectivity index (χ0) is 18.6. The van der Waals surface area contributed by atoms with Gasteiger partial charge in [0.15, 0.2) is 0 Å². The minimum atomic E-state index is -3.67. The molecule has 10 heteroatoms. The standard InChI is InChI=1S/C17H25N3O5S.ClH/c1-24-16-3-2-14(26(22,23)20-8-10-25-11-9-20)12-15(16)17(21)19-13-4-6-18-7-5-13;/h2-3,12-13,18H,4-11H2,1H3,(H,19,21);1H. The van der Waals surface area contributed by atoms with Gasteiger partial charge >= 0.3 is 0 Å². The number of nitrogens with zero attached hydrogens (tertiary/aromatic N) is 1. The van der Waals surface area contributed by atoms with Gasteiger partial charge in [-0.3, -0.25) is 4.79 Å². The predicted octanol–water partition coefficient (Wildman–Crippen LogP) is 0.620. The molecule has 0 aromatic heterocycles. The lowest BCUT2D eigenvalue weighted by Crippen LogP contribution is -2.43. The highest BCUT2D eigenvalue weighted by atomic mass is 35.5. The number of carbonyl (C=O) groups is 1. The van der Waals surface area contributed by atoms with Crippen LogP contribution in [-0.4, -0.2) is 71.2 Å². The van der Waals surface area contributed by atoms with Crippen LogP contribution in [0.4, 0.5) is 0 Å². The van der Waals surface area contributed by atoms with E-state index in [2.05, 4.69) is 10.6 Å². The number of rotatable bonds is 5. The largest absolute Gasteiger partial charge is 0.496 e. The number of nitrogens with one attached hydrogen (secondary N) is 2. The number of amides is 1. The van der Waals surface area contributed by atoms with Crippen LogP contribution < -0.4 is 15.4 Å². The number of methoxy groups -OCH3 is 1. The number of halogens is 1. The molecule has 1 aromatic carbocycles. The molecule has 2 saturated heterocycles. The Morgan fingerprint density at radius 3 is 2.56 bits per heavy atom. The summed E-state index contributed by atoms with van der Waals surface area (Å²) in [6.45, 7) is 3.08. The topological polar surface area (TPSA) is 97.0 Å². The van der Waals surface area contributed by atoms with Crippen molar-refractivity contribution in [2.24, 2.45) is 0 Å². The first-order valence-corrected chi connectivity index (χ1v) is 10.2. The van der Waals surface area contributed by atoms with E-state index in [1.165, 1.54) is 29.6 Å². The Labute approximate surface area is 166 Å². The normalized spacial score (nSPS) is 19.1. The molecule has 0 unspecified atom stereocenters. The number of hydrogen-bond donors (Lipinski definition) is 2. The van der Waals surface area contributed by atoms with Crippen molar-refractivity contribution < 1.29 is 22.7 Å². The Morgan fingerprint density at radius 2 is 1.93 bits per heavy atom. The molecule has 0 spiro atoms. The van der Waals surface area contributed by atoms with Crippen molar-refractivity contribution >= 4 is 28.3 Å². The molecule has 2 heterocycles. The first-order chi connectivity index (χ1) is 12.5. The molecule has 1 amide bonds. The molecule has 2 aliphatic rings. The fourth-order valence-electron chi connectivity index (χ4n) is 3.19. The van der Waals surface area contributed by atoms with Gasteiger partial charge in [-0.2, -0.15) is 4.31 Å². The van der Waals surface area contributed by atoms with Gasteiger partial charge in [-0.25, -0.2) is 8.42 Å². The maximum Gasteiger partial charge on any atom is 0.255 e. The summed E-state index contributed by atoms with van der Waals surface area (Å²) < 4.78 is 37.5. The molecule has 0 saturated carbocycles. The molecule has 8 nitrogen and oxygen atoms in total. The number of carbonyl (C=O) groups excluding carboxylic acids is 1. The summed E-state index contributed by atoms with van der Waals surface area (Å²) in [4.78, 5) is 12.8. The second-order valence-corrected chi connectivity index (χ2v) is 8.31. The summed E-state index contributed by atoms with van der Waals surface area (Å²) in [5.74, 6) is 0.0464. The fraction of sp³-hybridized carbons (Fsp3) is 0.588. The second-order valence-electron chi connectivity index (χ2n) is 6.38. The zero-order valence-electron chi connectivity index (χ0n) is 15.3. The van der Waals surface area contributed by atoms with Gasteiger partial charge < -0.3 is 20.1 Å². The predicted molar refractivity (Wildman–Crippen MR) is 103 cm³/mol. The number of benzene rings is 1. The molecule has 152 valence electrons. The second kappa shape index (κ2) is 9.70. The van der Waals surface area contributed by atoms with Gasteiger partial charge in [-0.1, -0.05) is 0 Å². The lowest BCUT2D eigenvalue weighted by atomic mass is 10.1. The molecule has 2 N–H and O–H groups in total. The highest BCUT2D eigenvalue weighted by molar-refractivity contribution is 7.89. The summed E-state index contributed by atoms with van der Waals surface area (Å²) in [6, 6.07) is 4.49. The van der Waals surface area contributed by atoms with Crippen LogP contribution in [0.5, 0.6) is 5.75 Å². The van der Waals surface area contributed by atoms with Gasteiger partial charge in [0.1, 0.15) is 5.75 Å². The number of morpholine rings is 1. The third-order valence-electron chi connectivity index (χ3n) is 4.70. The van der Waals surface area contributed by atoms with Gasteiger partial charge in [0.05, 0.1) is 30.8 Å². The average molecular weight is 420 g/mol. The minimum Gasteiger partial charge on any atom is -0.496 e. The monoisotopic (exact) mass is 419 g/mol. The zero-order valence-corrected chi connectivity index (χ0v) is 16.9. The molecular formula is C17H26ClN3O5S. The van der Waals surface area contributed by atoms with Crippen LogP contribution in [0.25, 0.3) is 0 Å². The molecule has 2 fully saturated rings. The Bertz CT molecular complexity index is 747. The minimum absolute atomic E-state index is 0. The van der Waals surface area contributed by atoms with Gasteiger partial charge in [0.2, 0.25) is 10.0 Å². The van der Waals surface area contributed by atoms with Crippen LogP contribution in [0.3, 0.4) is 0 Å². The van der Waals surface area contributed by atoms with Crippen LogP contribution in [-0.2, 0) is 14.8 Å². The molecule has 0 atom stereocenters. The Kier molecular flexibility index (Phi) is 7.87. The number of sulfonamides is 1. The van der Waals surface area contributed by atoms with E-state index in [9.17, 15) is 13.2 Å². The smallest absolute Gasteiger partial charge is 0.255 e. The number of piperidine rings is 1. The maximum absolute atomic E-state index is 12.8. The third-order valence-corrected chi connectivity index (χ3v) is 6.59. The molecule has 0 radical (unpaired) electrons. The highest BCUT2D eigenvalue weighted by Gasteiger charge is 2.28. The Hall–Kier alpha value is -1.39. The molecule has 0 bridgehead atoms. The fourth-order valence-corrected chi connectivity index (χ4v) is 4.63. The Morgan fingerprint density at radius 1 is 1.26 bits per heavy atom. The van der Waals surface area contributed by atoms with Crippen molar-refractivity contribution in [1.29, 1.82) is 0 Å². The maximum atomic E-state index is 12.8. The lowest BCUT2D eigenvalue weighted by molar-refractivity contribution is 0.0730. The van der Waals surface area contributed by atoms with Gasteiger partial charge in [-0.05, 0) is 44.1 Å². The van der Waals surface area contributed by atoms with Crippen LogP contribution in [0.1, 0.15) is 23.2 Å². The van der Waals surface area contributed by atoms with Crippen molar-refractivity contribution in [2.75, 3.05) is 46.5 Å². The highest BCUT2D eigenvalue weighted by Crippen LogP contribution is 2.25. The number of ether oxygens (including phenoxy) is 2. The third kappa shape index (κ3) is 5.11. The van der Waals surface area contributed by atoms with E-state index < -0.39 is 10.0 Å². The summed E-state index contributed by atoms with van der Waals surface area (Å²) in [5, 5.41) is 6.23. The van der Waals surface area contributed by atoms with E-state index in [0.717, 1.165) is 25.9 Å². The first-order valence-electron chi connectivity index (χ1n) is 8.80. The Balaban J connectivity index is 0.00000261. The van der Waals surface area contributed by atoms with E-state index in [1.54, 1.807) is 0 Å². The lowest BCUT2D eigenvalue weighted by Gasteiger charge is -2.26. The molecule has 1 aromatic rings. The molecule has 2 aliphatic heterocycles. The molecule has 27 heavy (non-hydrogen) atoms. The van der Waals surface area contributed by atoms with Crippen molar-refractivity contribution in [3.8, 4) is 5.75 Å². The van der Waals surface area contributed by atoms with E-state index in [1.807, 2.05) is 0 Å². The van der Waals surface area contributed by atoms with E-state index >= 15 is 0 Å². The molecular weight excluding hydrogens is 394 g/mol. The molecule has 0 aliphatic carbocycles. The van der Waals surface area contributed by atoms with Crippen molar-refractivity contribution in [3.63, 3.8) is 0 Å². The average Bonchev–Trinajstić information content (AvgIpc) is 2.69. The van der Waals surface area contributed by atoms with Crippen molar-refractivity contribution in [3.05, 3.63) is 23.8 Å². The van der Waals surface area contributed by atoms with E-state index in [4.69, 9.17) is 9.47 Å². The van der Waals surface area contributed by atoms with Crippen LogP contribution in [0.2, 0.25) is 0 Å². The first kappa shape index (κ1) is 21.9. The quantitative estimate of drug-likeness (QED) is 0.726. The van der Waals surface area contributed by atoms with Crippen LogP contribution in [0, 0.1) is 0 Å². The van der Waals surface area contributed by atoms with Gasteiger partial charge in [0, 0.05) is 19.1 Å². The summed E-state index contributed by atoms with van der Waals surface area (Å²) in [6.07, 6.45) is 1.69. The van der Waals surface area contributed by atoms with E-state index in [-0.39, 0.29) is 34.8 Å². The van der Waals surface area contributed by atoms with Gasteiger partial charge in [-0.15, -0.1) is 12.4 Å². The summed E-state index contributed by atoms with van der Waals surface area (Å²) >= 11 is 0. The number of hydrogen-bond acceptors (Lipinski definition) is 6. The van der Waals surface area contributed by atoms with Crippen molar-refractivity contribution in [1.82, 2.24) is 14.9 Å². The molecule has 3 rings (SSSR count). The summed E-state index contributed by atoms with van der Waals surface area (Å²) in [7, 11) is -2.20. The van der Waals surface area contributed by atoms with Crippen molar-refractivity contribution in [2.45, 2.75) is 23.8 Å². The van der Waals surface area contributed by atoms with Crippen LogP contribution in [0.15, 0.2) is 23.1 Å².